The first-order chi connectivity index (χ1) is 13.3. The van der Waals surface area contributed by atoms with Gasteiger partial charge in [0.15, 0.2) is 0 Å². The van der Waals surface area contributed by atoms with Crippen LogP contribution < -0.4 is 4.90 Å². The maximum atomic E-state index is 4.60. The van der Waals surface area contributed by atoms with E-state index in [9.17, 15) is 0 Å². The van der Waals surface area contributed by atoms with Crippen molar-refractivity contribution in [2.24, 2.45) is 7.05 Å². The van der Waals surface area contributed by atoms with Crippen molar-refractivity contribution < 1.29 is 0 Å². The average molecular weight is 384 g/mol. The van der Waals surface area contributed by atoms with Gasteiger partial charge in [-0.2, -0.15) is 0 Å². The predicted molar refractivity (Wildman–Crippen MR) is 107 cm³/mol. The first-order valence-electron chi connectivity index (χ1n) is 9.83. The van der Waals surface area contributed by atoms with Crippen LogP contribution in [0.4, 0.5) is 5.82 Å². The number of fused-ring (bicyclic) bond motifs is 1. The van der Waals surface area contributed by atoms with E-state index in [1.165, 1.54) is 30.6 Å². The smallest absolute Gasteiger partial charge is 0.150 e. The van der Waals surface area contributed by atoms with Crippen molar-refractivity contribution in [2.45, 2.75) is 38.1 Å². The number of aromatic nitrogens is 5. The summed E-state index contributed by atoms with van der Waals surface area (Å²) in [5, 5.41) is 11.2. The zero-order valence-electron chi connectivity index (χ0n) is 15.7. The molecule has 142 valence electrons. The van der Waals surface area contributed by atoms with Crippen LogP contribution in [0.1, 0.15) is 43.3 Å². The molecule has 5 heterocycles. The minimum atomic E-state index is 0.397. The second-order valence-electron chi connectivity index (χ2n) is 7.63. The van der Waals surface area contributed by atoms with Crippen molar-refractivity contribution >= 4 is 27.4 Å². The molecule has 0 aliphatic carbocycles. The Morgan fingerprint density at radius 2 is 2.00 bits per heavy atom. The van der Waals surface area contributed by atoms with E-state index in [0.717, 1.165) is 55.5 Å². The van der Waals surface area contributed by atoms with Gasteiger partial charge in [0.2, 0.25) is 0 Å². The number of piperidine rings is 1. The Morgan fingerprint density at radius 1 is 1.11 bits per heavy atom. The Hall–Kier alpha value is -2.06. The van der Waals surface area contributed by atoms with Crippen LogP contribution in [0.25, 0.3) is 10.2 Å². The van der Waals surface area contributed by atoms with Gasteiger partial charge in [-0.15, -0.1) is 21.5 Å². The summed E-state index contributed by atoms with van der Waals surface area (Å²) >= 11 is 1.72. The minimum absolute atomic E-state index is 0.397. The van der Waals surface area contributed by atoms with Crippen LogP contribution in [0.3, 0.4) is 0 Å². The topological polar surface area (TPSA) is 63.0 Å². The fourth-order valence-corrected chi connectivity index (χ4v) is 5.25. The highest BCUT2D eigenvalue weighted by Gasteiger charge is 2.28. The van der Waals surface area contributed by atoms with E-state index in [2.05, 4.69) is 53.0 Å². The van der Waals surface area contributed by atoms with E-state index < -0.39 is 0 Å². The van der Waals surface area contributed by atoms with Gasteiger partial charge in [0.25, 0.3) is 0 Å². The van der Waals surface area contributed by atoms with Gasteiger partial charge in [0.1, 0.15) is 23.8 Å². The molecule has 1 unspecified atom stereocenters. The minimum Gasteiger partial charge on any atom is -0.355 e. The van der Waals surface area contributed by atoms with Crippen LogP contribution in [0.15, 0.2) is 17.8 Å². The molecule has 0 radical (unpaired) electrons. The summed E-state index contributed by atoms with van der Waals surface area (Å²) in [7, 11) is 2.13. The Balaban J connectivity index is 1.37. The molecule has 1 atom stereocenters. The molecule has 2 fully saturated rings. The van der Waals surface area contributed by atoms with Gasteiger partial charge in [-0.1, -0.05) is 0 Å². The Morgan fingerprint density at radius 3 is 2.89 bits per heavy atom. The maximum absolute atomic E-state index is 4.60. The molecule has 27 heavy (non-hydrogen) atoms. The third-order valence-corrected chi connectivity index (χ3v) is 6.77. The predicted octanol–water partition coefficient (Wildman–Crippen LogP) is 2.80. The lowest BCUT2D eigenvalue weighted by molar-refractivity contribution is 0.317. The molecule has 2 aliphatic rings. The zero-order valence-corrected chi connectivity index (χ0v) is 16.5. The van der Waals surface area contributed by atoms with Crippen LogP contribution in [-0.2, 0) is 13.6 Å². The van der Waals surface area contributed by atoms with Crippen LogP contribution >= 0.6 is 11.3 Å². The summed E-state index contributed by atoms with van der Waals surface area (Å²) in [4.78, 5) is 13.9. The molecular weight excluding hydrogens is 358 g/mol. The van der Waals surface area contributed by atoms with Crippen molar-refractivity contribution in [1.82, 2.24) is 29.6 Å². The summed E-state index contributed by atoms with van der Waals surface area (Å²) in [6, 6.07) is 2.07. The summed E-state index contributed by atoms with van der Waals surface area (Å²) in [6.07, 6.45) is 6.60. The summed E-state index contributed by atoms with van der Waals surface area (Å²) in [5.74, 6) is 3.67. The van der Waals surface area contributed by atoms with Gasteiger partial charge >= 0.3 is 0 Å². The average Bonchev–Trinajstić information content (AvgIpc) is 3.44. The number of hydrogen-bond acceptors (Lipinski definition) is 7. The van der Waals surface area contributed by atoms with E-state index in [-0.39, 0.29) is 0 Å². The molecule has 2 saturated heterocycles. The molecule has 0 amide bonds. The first kappa shape index (κ1) is 17.1. The lowest BCUT2D eigenvalue weighted by atomic mass is 9.97. The molecule has 3 aromatic rings. The number of rotatable bonds is 4. The van der Waals surface area contributed by atoms with Crippen molar-refractivity contribution in [3.8, 4) is 0 Å². The van der Waals surface area contributed by atoms with E-state index in [4.69, 9.17) is 0 Å². The molecule has 2 aliphatic heterocycles. The Labute approximate surface area is 163 Å². The molecule has 7 nitrogen and oxygen atoms in total. The molecule has 0 N–H and O–H groups in total. The largest absolute Gasteiger partial charge is 0.355 e. The highest BCUT2D eigenvalue weighted by atomic mass is 32.1. The van der Waals surface area contributed by atoms with Crippen LogP contribution in [0.5, 0.6) is 0 Å². The van der Waals surface area contributed by atoms with Crippen LogP contribution in [0.2, 0.25) is 0 Å². The quantitative estimate of drug-likeness (QED) is 0.690. The molecule has 3 aromatic heterocycles. The number of anilines is 1. The third kappa shape index (κ3) is 3.21. The van der Waals surface area contributed by atoms with Crippen molar-refractivity contribution in [2.75, 3.05) is 31.1 Å². The first-order valence-corrected chi connectivity index (χ1v) is 10.7. The standard InChI is InChI=1S/C19H25N7S/c1-24-16(12-25-7-2-3-8-25)22-23-18(24)14-5-4-9-26(11-14)19-17-15(6-10-27-17)20-13-21-19/h6,10,13-14H,2-5,7-9,11-12H2,1H3. The third-order valence-electron chi connectivity index (χ3n) is 5.87. The van der Waals surface area contributed by atoms with Crippen molar-refractivity contribution in [3.63, 3.8) is 0 Å². The summed E-state index contributed by atoms with van der Waals surface area (Å²) in [5.41, 5.74) is 1.04. The summed E-state index contributed by atoms with van der Waals surface area (Å²) in [6.45, 7) is 5.27. The van der Waals surface area contributed by atoms with Gasteiger partial charge in [0.05, 0.1) is 16.8 Å². The second kappa shape index (κ2) is 7.16. The van der Waals surface area contributed by atoms with Gasteiger partial charge in [-0.3, -0.25) is 4.90 Å². The Kier molecular flexibility index (Phi) is 4.53. The number of likely N-dealkylation sites (tertiary alicyclic amines) is 1. The normalized spacial score (nSPS) is 21.4. The van der Waals surface area contributed by atoms with E-state index in [0.29, 0.717) is 5.92 Å². The molecule has 5 rings (SSSR count). The molecular formula is C19H25N7S. The fourth-order valence-electron chi connectivity index (χ4n) is 4.39. The van der Waals surface area contributed by atoms with E-state index >= 15 is 0 Å². The maximum Gasteiger partial charge on any atom is 0.150 e. The highest BCUT2D eigenvalue weighted by molar-refractivity contribution is 7.17. The van der Waals surface area contributed by atoms with E-state index in [1.807, 2.05) is 0 Å². The molecule has 0 aromatic carbocycles. The zero-order chi connectivity index (χ0) is 18.2. The van der Waals surface area contributed by atoms with Crippen LogP contribution in [0, 0.1) is 0 Å². The van der Waals surface area contributed by atoms with Gasteiger partial charge in [-0.05, 0) is 50.2 Å². The van der Waals surface area contributed by atoms with Gasteiger partial charge in [-0.25, -0.2) is 9.97 Å². The lowest BCUT2D eigenvalue weighted by Gasteiger charge is -2.33. The van der Waals surface area contributed by atoms with Gasteiger partial charge < -0.3 is 9.47 Å². The molecule has 8 heteroatoms. The lowest BCUT2D eigenvalue weighted by Crippen LogP contribution is -2.36. The monoisotopic (exact) mass is 383 g/mol. The second-order valence-corrected chi connectivity index (χ2v) is 8.55. The molecule has 0 bridgehead atoms. The number of thiophene rings is 1. The SMILES string of the molecule is Cn1c(CN2CCCC2)nnc1C1CCCN(c2ncnc3ccsc23)C1. The van der Waals surface area contributed by atoms with Gasteiger partial charge in [0, 0.05) is 26.1 Å². The van der Waals surface area contributed by atoms with Crippen molar-refractivity contribution in [3.05, 3.63) is 29.4 Å². The van der Waals surface area contributed by atoms with E-state index in [1.54, 1.807) is 17.7 Å². The van der Waals surface area contributed by atoms with Crippen LogP contribution in [-0.4, -0.2) is 55.8 Å². The molecule has 0 spiro atoms. The highest BCUT2D eigenvalue weighted by Crippen LogP contribution is 2.33. The Bertz CT molecular complexity index is 927. The summed E-state index contributed by atoms with van der Waals surface area (Å²) < 4.78 is 3.42. The molecule has 0 saturated carbocycles. The number of hydrogen-bond donors (Lipinski definition) is 0. The van der Waals surface area contributed by atoms with Crippen molar-refractivity contribution in [1.29, 1.82) is 0 Å². The fraction of sp³-hybridized carbons (Fsp3) is 0.579. The number of nitrogens with zero attached hydrogens (tertiary/aromatic N) is 7.